The highest BCUT2D eigenvalue weighted by Crippen LogP contribution is 2.18. The highest BCUT2D eigenvalue weighted by molar-refractivity contribution is 7.92. The lowest BCUT2D eigenvalue weighted by atomic mass is 10.2. The van der Waals surface area contributed by atoms with Gasteiger partial charge in [-0.2, -0.15) is 0 Å². The summed E-state index contributed by atoms with van der Waals surface area (Å²) in [6, 6.07) is 14.2. The monoisotopic (exact) mass is 290 g/mol. The lowest BCUT2D eigenvalue weighted by Gasteiger charge is -2.10. The van der Waals surface area contributed by atoms with Gasteiger partial charge in [0.2, 0.25) is 0 Å². The Morgan fingerprint density at radius 1 is 1.05 bits per heavy atom. The highest BCUT2D eigenvalue weighted by atomic mass is 32.2. The fourth-order valence-electron chi connectivity index (χ4n) is 1.95. The maximum absolute atomic E-state index is 12.3. The first-order chi connectivity index (χ1) is 9.51. The molecule has 0 aliphatic rings. The van der Waals surface area contributed by atoms with E-state index in [2.05, 4.69) is 10.0 Å². The van der Waals surface area contributed by atoms with Gasteiger partial charge in [-0.05, 0) is 49.4 Å². The molecule has 0 heterocycles. The van der Waals surface area contributed by atoms with E-state index in [4.69, 9.17) is 0 Å². The normalized spacial score (nSPS) is 11.3. The maximum atomic E-state index is 12.3. The molecule has 5 heteroatoms. The molecular weight excluding hydrogens is 272 g/mol. The van der Waals surface area contributed by atoms with Crippen molar-refractivity contribution in [1.29, 1.82) is 0 Å². The van der Waals surface area contributed by atoms with Crippen molar-refractivity contribution in [2.45, 2.75) is 18.4 Å². The summed E-state index contributed by atoms with van der Waals surface area (Å²) in [6.07, 6.45) is 0. The first-order valence-electron chi connectivity index (χ1n) is 6.34. The van der Waals surface area contributed by atoms with Crippen LogP contribution in [0.2, 0.25) is 0 Å². The molecule has 0 saturated carbocycles. The van der Waals surface area contributed by atoms with Gasteiger partial charge in [-0.25, -0.2) is 8.42 Å². The number of benzene rings is 2. The average Bonchev–Trinajstić information content (AvgIpc) is 2.39. The molecule has 0 saturated heterocycles. The Morgan fingerprint density at radius 3 is 2.50 bits per heavy atom. The Labute approximate surface area is 119 Å². The van der Waals surface area contributed by atoms with Crippen LogP contribution in [0.5, 0.6) is 0 Å². The van der Waals surface area contributed by atoms with Crippen LogP contribution in [0.1, 0.15) is 11.1 Å². The molecular formula is C15H18N2O2S. The molecule has 0 radical (unpaired) electrons. The third kappa shape index (κ3) is 3.59. The first kappa shape index (κ1) is 14.6. The summed E-state index contributed by atoms with van der Waals surface area (Å²) in [4.78, 5) is 0.270. The van der Waals surface area contributed by atoms with Crippen LogP contribution in [0.3, 0.4) is 0 Å². The van der Waals surface area contributed by atoms with Crippen LogP contribution >= 0.6 is 0 Å². The van der Waals surface area contributed by atoms with E-state index in [9.17, 15) is 8.42 Å². The second-order valence-corrected chi connectivity index (χ2v) is 6.34. The molecule has 2 aromatic carbocycles. The summed E-state index contributed by atoms with van der Waals surface area (Å²) in [5, 5.41) is 3.00. The number of hydrogen-bond acceptors (Lipinski definition) is 3. The second-order valence-electron chi connectivity index (χ2n) is 4.65. The predicted molar refractivity (Wildman–Crippen MR) is 81.2 cm³/mol. The van der Waals surface area contributed by atoms with Gasteiger partial charge in [0.15, 0.2) is 0 Å². The van der Waals surface area contributed by atoms with Gasteiger partial charge in [0.25, 0.3) is 10.0 Å². The van der Waals surface area contributed by atoms with Crippen molar-refractivity contribution in [2.24, 2.45) is 0 Å². The molecule has 0 spiro atoms. The molecule has 2 rings (SSSR count). The quantitative estimate of drug-likeness (QED) is 0.889. The summed E-state index contributed by atoms with van der Waals surface area (Å²) in [7, 11) is -1.72. The van der Waals surface area contributed by atoms with E-state index in [1.807, 2.05) is 32.2 Å². The van der Waals surface area contributed by atoms with Crippen molar-refractivity contribution in [1.82, 2.24) is 5.32 Å². The minimum absolute atomic E-state index is 0.270. The molecule has 0 bridgehead atoms. The van der Waals surface area contributed by atoms with Crippen LogP contribution in [0.15, 0.2) is 53.4 Å². The average molecular weight is 290 g/mol. The van der Waals surface area contributed by atoms with Gasteiger partial charge in [0.05, 0.1) is 4.90 Å². The number of sulfonamides is 1. The summed E-state index contributed by atoms with van der Waals surface area (Å²) in [6.45, 7) is 2.55. The van der Waals surface area contributed by atoms with Crippen LogP contribution < -0.4 is 10.0 Å². The molecule has 0 amide bonds. The van der Waals surface area contributed by atoms with E-state index < -0.39 is 10.0 Å². The van der Waals surface area contributed by atoms with Crippen LogP contribution in [0, 0.1) is 6.92 Å². The number of rotatable bonds is 5. The molecule has 0 atom stereocenters. The fourth-order valence-corrected chi connectivity index (χ4v) is 3.07. The van der Waals surface area contributed by atoms with Crippen molar-refractivity contribution in [3.63, 3.8) is 0 Å². The zero-order chi connectivity index (χ0) is 14.6. The van der Waals surface area contributed by atoms with Crippen LogP contribution in [-0.2, 0) is 16.6 Å². The van der Waals surface area contributed by atoms with Crippen molar-refractivity contribution >= 4 is 15.7 Å². The Kier molecular flexibility index (Phi) is 4.42. The lowest BCUT2D eigenvalue weighted by molar-refractivity contribution is 0.601. The third-order valence-corrected chi connectivity index (χ3v) is 4.24. The van der Waals surface area contributed by atoms with Crippen molar-refractivity contribution < 1.29 is 8.42 Å². The maximum Gasteiger partial charge on any atom is 0.261 e. The molecule has 0 fully saturated rings. The molecule has 4 nitrogen and oxygen atoms in total. The lowest BCUT2D eigenvalue weighted by Crippen LogP contribution is -2.14. The van der Waals surface area contributed by atoms with Crippen molar-refractivity contribution in [2.75, 3.05) is 11.8 Å². The molecule has 0 unspecified atom stereocenters. The van der Waals surface area contributed by atoms with Gasteiger partial charge in [-0.15, -0.1) is 0 Å². The van der Waals surface area contributed by atoms with E-state index >= 15 is 0 Å². The first-order valence-corrected chi connectivity index (χ1v) is 7.82. The number of nitrogens with one attached hydrogen (secondary N) is 2. The van der Waals surface area contributed by atoms with E-state index in [1.54, 1.807) is 30.3 Å². The Morgan fingerprint density at radius 2 is 1.80 bits per heavy atom. The molecule has 2 aromatic rings. The van der Waals surface area contributed by atoms with Gasteiger partial charge < -0.3 is 5.32 Å². The van der Waals surface area contributed by atoms with Gasteiger partial charge in [0, 0.05) is 12.2 Å². The van der Waals surface area contributed by atoms with Gasteiger partial charge in [-0.3, -0.25) is 4.72 Å². The Balaban J connectivity index is 2.28. The standard InChI is InChI=1S/C15H18N2O2S/c1-12-5-3-7-14(9-12)17-20(18,19)15-8-4-6-13(10-15)11-16-2/h3-10,16-17H,11H2,1-2H3. The minimum Gasteiger partial charge on any atom is -0.316 e. The van der Waals surface area contributed by atoms with E-state index in [-0.39, 0.29) is 4.90 Å². The van der Waals surface area contributed by atoms with Gasteiger partial charge in [0.1, 0.15) is 0 Å². The zero-order valence-electron chi connectivity index (χ0n) is 11.6. The topological polar surface area (TPSA) is 58.2 Å². The summed E-state index contributed by atoms with van der Waals surface area (Å²) in [5.41, 5.74) is 2.51. The number of hydrogen-bond donors (Lipinski definition) is 2. The van der Waals surface area contributed by atoms with Gasteiger partial charge >= 0.3 is 0 Å². The highest BCUT2D eigenvalue weighted by Gasteiger charge is 2.14. The Bertz CT molecular complexity index is 697. The second kappa shape index (κ2) is 6.07. The van der Waals surface area contributed by atoms with Gasteiger partial charge in [-0.1, -0.05) is 24.3 Å². The molecule has 0 aromatic heterocycles. The van der Waals surface area contributed by atoms with Crippen LogP contribution in [0.25, 0.3) is 0 Å². The smallest absolute Gasteiger partial charge is 0.261 e. The van der Waals surface area contributed by atoms with Crippen molar-refractivity contribution in [3.8, 4) is 0 Å². The zero-order valence-corrected chi connectivity index (χ0v) is 12.4. The largest absolute Gasteiger partial charge is 0.316 e. The minimum atomic E-state index is -3.55. The van der Waals surface area contributed by atoms with Crippen molar-refractivity contribution in [3.05, 3.63) is 59.7 Å². The molecule has 0 aliphatic carbocycles. The summed E-state index contributed by atoms with van der Waals surface area (Å²) < 4.78 is 27.3. The summed E-state index contributed by atoms with van der Waals surface area (Å²) in [5.74, 6) is 0. The SMILES string of the molecule is CNCc1cccc(S(=O)(=O)Nc2cccc(C)c2)c1. The third-order valence-electron chi connectivity index (χ3n) is 2.86. The molecule has 106 valence electrons. The number of aryl methyl sites for hydroxylation is 1. The summed E-state index contributed by atoms with van der Waals surface area (Å²) >= 11 is 0. The molecule has 2 N–H and O–H groups in total. The van der Waals surface area contributed by atoms with Crippen LogP contribution in [-0.4, -0.2) is 15.5 Å². The number of anilines is 1. The predicted octanol–water partition coefficient (Wildman–Crippen LogP) is 2.52. The van der Waals surface area contributed by atoms with E-state index in [0.717, 1.165) is 11.1 Å². The Hall–Kier alpha value is -1.85. The van der Waals surface area contributed by atoms with E-state index in [1.165, 1.54) is 0 Å². The molecule has 20 heavy (non-hydrogen) atoms. The fraction of sp³-hybridized carbons (Fsp3) is 0.200. The molecule has 0 aliphatic heterocycles. The van der Waals surface area contributed by atoms with Crippen LogP contribution in [0.4, 0.5) is 5.69 Å². The van der Waals surface area contributed by atoms with E-state index in [0.29, 0.717) is 12.2 Å².